The summed E-state index contributed by atoms with van der Waals surface area (Å²) in [6, 6.07) is 8.57. The molecule has 1 fully saturated rings. The van der Waals surface area contributed by atoms with Crippen LogP contribution in [0.3, 0.4) is 0 Å². The van der Waals surface area contributed by atoms with Crippen molar-refractivity contribution in [2.75, 3.05) is 13.2 Å². The van der Waals surface area contributed by atoms with Crippen molar-refractivity contribution in [2.24, 2.45) is 0 Å². The van der Waals surface area contributed by atoms with Crippen molar-refractivity contribution < 1.29 is 18.7 Å². The van der Waals surface area contributed by atoms with Crippen LogP contribution in [0.2, 0.25) is 0 Å². The van der Waals surface area contributed by atoms with Crippen LogP contribution in [0.25, 0.3) is 11.0 Å². The molecule has 0 saturated heterocycles. The van der Waals surface area contributed by atoms with Crippen LogP contribution in [0.1, 0.15) is 49.4 Å². The molecule has 1 aliphatic rings. The number of carbonyl (C=O) groups is 2. The molecule has 1 aliphatic carbocycles. The zero-order valence-electron chi connectivity index (χ0n) is 14.9. The molecule has 0 radical (unpaired) electrons. The molecule has 0 bridgehead atoms. The molecule has 1 saturated carbocycles. The van der Waals surface area contributed by atoms with Gasteiger partial charge in [0.25, 0.3) is 5.91 Å². The lowest BCUT2D eigenvalue weighted by molar-refractivity contribution is -0.137. The van der Waals surface area contributed by atoms with Gasteiger partial charge in [-0.15, -0.1) is 0 Å². The van der Waals surface area contributed by atoms with Gasteiger partial charge in [0.2, 0.25) is 0 Å². The van der Waals surface area contributed by atoms with Crippen molar-refractivity contribution in [3.63, 3.8) is 0 Å². The molecule has 3 rings (SSSR count). The normalized spacial score (nSPS) is 15.0. The Morgan fingerprint density at radius 2 is 1.92 bits per heavy atom. The summed E-state index contributed by atoms with van der Waals surface area (Å²) in [7, 11) is 0. The molecule has 1 aromatic carbocycles. The largest absolute Gasteiger partial charge is 0.452 e. The highest BCUT2D eigenvalue weighted by Crippen LogP contribution is 2.22. The van der Waals surface area contributed by atoms with Crippen LogP contribution in [-0.2, 0) is 9.53 Å². The van der Waals surface area contributed by atoms with Crippen LogP contribution in [-0.4, -0.2) is 36.0 Å². The SMILES string of the molecule is CCN(C(=O)COC(=O)c1cc2ccccc2oc1=O)C1CCCCC1. The first kappa shape index (κ1) is 18.2. The zero-order chi connectivity index (χ0) is 18.5. The number of rotatable bonds is 5. The first-order chi connectivity index (χ1) is 12.6. The van der Waals surface area contributed by atoms with Crippen LogP contribution in [0.5, 0.6) is 0 Å². The second kappa shape index (κ2) is 8.17. The zero-order valence-corrected chi connectivity index (χ0v) is 14.9. The molecule has 1 heterocycles. The number of amides is 1. The third-order valence-electron chi connectivity index (χ3n) is 4.86. The maximum atomic E-state index is 12.5. The predicted octanol–water partition coefficient (Wildman–Crippen LogP) is 3.13. The molecular weight excluding hydrogens is 334 g/mol. The minimum absolute atomic E-state index is 0.197. The Morgan fingerprint density at radius 3 is 2.65 bits per heavy atom. The van der Waals surface area contributed by atoms with E-state index in [4.69, 9.17) is 9.15 Å². The van der Waals surface area contributed by atoms with Crippen molar-refractivity contribution >= 4 is 22.8 Å². The lowest BCUT2D eigenvalue weighted by atomic mass is 9.94. The van der Waals surface area contributed by atoms with Gasteiger partial charge in [-0.05, 0) is 31.9 Å². The highest BCUT2D eigenvalue weighted by Gasteiger charge is 2.25. The minimum atomic E-state index is -0.836. The van der Waals surface area contributed by atoms with Crippen LogP contribution < -0.4 is 5.63 Å². The lowest BCUT2D eigenvalue weighted by Gasteiger charge is -2.33. The van der Waals surface area contributed by atoms with Gasteiger partial charge in [0, 0.05) is 18.0 Å². The van der Waals surface area contributed by atoms with Gasteiger partial charge in [-0.2, -0.15) is 0 Å². The number of benzene rings is 1. The molecule has 0 N–H and O–H groups in total. The molecule has 1 aromatic heterocycles. The molecule has 26 heavy (non-hydrogen) atoms. The molecule has 0 spiro atoms. The van der Waals surface area contributed by atoms with Crippen LogP contribution >= 0.6 is 0 Å². The van der Waals surface area contributed by atoms with Gasteiger partial charge in [-0.25, -0.2) is 9.59 Å². The van der Waals surface area contributed by atoms with Crippen molar-refractivity contribution in [3.05, 3.63) is 46.3 Å². The van der Waals surface area contributed by atoms with Gasteiger partial charge in [-0.1, -0.05) is 37.5 Å². The number of para-hydroxylation sites is 1. The summed E-state index contributed by atoms with van der Waals surface area (Å²) in [5, 5.41) is 0.628. The highest BCUT2D eigenvalue weighted by atomic mass is 16.5. The Morgan fingerprint density at radius 1 is 1.19 bits per heavy atom. The first-order valence-electron chi connectivity index (χ1n) is 9.09. The number of carbonyl (C=O) groups excluding carboxylic acids is 2. The van der Waals surface area contributed by atoms with Crippen LogP contribution in [0, 0.1) is 0 Å². The van der Waals surface area contributed by atoms with Gasteiger partial charge in [0.1, 0.15) is 11.1 Å². The number of hydrogen-bond acceptors (Lipinski definition) is 5. The molecule has 2 aromatic rings. The summed E-state index contributed by atoms with van der Waals surface area (Å²) >= 11 is 0. The van der Waals surface area contributed by atoms with E-state index in [-0.39, 0.29) is 24.1 Å². The monoisotopic (exact) mass is 357 g/mol. The molecule has 6 nitrogen and oxygen atoms in total. The Kier molecular flexibility index (Phi) is 5.71. The van der Waals surface area contributed by atoms with E-state index in [0.29, 0.717) is 17.5 Å². The van der Waals surface area contributed by atoms with Crippen molar-refractivity contribution in [1.29, 1.82) is 0 Å². The van der Waals surface area contributed by atoms with Gasteiger partial charge in [0.15, 0.2) is 6.61 Å². The van der Waals surface area contributed by atoms with E-state index in [1.165, 1.54) is 12.5 Å². The Balaban J connectivity index is 1.67. The summed E-state index contributed by atoms with van der Waals surface area (Å²) < 4.78 is 10.2. The van der Waals surface area contributed by atoms with Crippen LogP contribution in [0.4, 0.5) is 0 Å². The van der Waals surface area contributed by atoms with E-state index in [9.17, 15) is 14.4 Å². The van der Waals surface area contributed by atoms with Crippen molar-refractivity contribution in [1.82, 2.24) is 4.90 Å². The second-order valence-corrected chi connectivity index (χ2v) is 6.53. The Hall–Kier alpha value is -2.63. The topological polar surface area (TPSA) is 76.8 Å². The van der Waals surface area contributed by atoms with E-state index in [2.05, 4.69) is 0 Å². The first-order valence-corrected chi connectivity index (χ1v) is 9.09. The molecule has 0 atom stereocenters. The molecule has 0 aliphatic heterocycles. The van der Waals surface area contributed by atoms with Gasteiger partial charge < -0.3 is 14.1 Å². The van der Waals surface area contributed by atoms with E-state index in [1.807, 2.05) is 6.92 Å². The summed E-state index contributed by atoms with van der Waals surface area (Å²) in [5.74, 6) is -1.06. The number of ether oxygens (including phenoxy) is 1. The van der Waals surface area contributed by atoms with Crippen molar-refractivity contribution in [2.45, 2.75) is 45.1 Å². The number of fused-ring (bicyclic) bond motifs is 1. The third-order valence-corrected chi connectivity index (χ3v) is 4.86. The fourth-order valence-corrected chi connectivity index (χ4v) is 3.52. The van der Waals surface area contributed by atoms with Gasteiger partial charge in [0.05, 0.1) is 0 Å². The fourth-order valence-electron chi connectivity index (χ4n) is 3.52. The molecular formula is C20H23NO5. The molecule has 6 heteroatoms. The fraction of sp³-hybridized carbons (Fsp3) is 0.450. The maximum absolute atomic E-state index is 12.5. The van der Waals surface area contributed by atoms with E-state index >= 15 is 0 Å². The summed E-state index contributed by atoms with van der Waals surface area (Å²) in [4.78, 5) is 38.5. The van der Waals surface area contributed by atoms with E-state index in [0.717, 1.165) is 25.7 Å². The summed E-state index contributed by atoms with van der Waals surface area (Å²) in [6.45, 7) is 2.14. The van der Waals surface area contributed by atoms with E-state index in [1.54, 1.807) is 29.2 Å². The number of hydrogen-bond donors (Lipinski definition) is 0. The van der Waals surface area contributed by atoms with Gasteiger partial charge in [-0.3, -0.25) is 4.79 Å². The lowest BCUT2D eigenvalue weighted by Crippen LogP contribution is -2.43. The third kappa shape index (κ3) is 3.95. The van der Waals surface area contributed by atoms with Crippen LogP contribution in [0.15, 0.2) is 39.5 Å². The molecule has 138 valence electrons. The molecule has 1 amide bonds. The standard InChI is InChI=1S/C20H23NO5/c1-2-21(15-9-4-3-5-10-15)18(22)13-25-19(23)16-12-14-8-6-7-11-17(14)26-20(16)24/h6-8,11-12,15H,2-5,9-10,13H2,1H3. The Bertz CT molecular complexity index is 851. The van der Waals surface area contributed by atoms with Crippen molar-refractivity contribution in [3.8, 4) is 0 Å². The minimum Gasteiger partial charge on any atom is -0.452 e. The number of likely N-dealkylation sites (N-methyl/N-ethyl adjacent to an activating group) is 1. The maximum Gasteiger partial charge on any atom is 0.351 e. The number of esters is 1. The Labute approximate surface area is 151 Å². The van der Waals surface area contributed by atoms with Gasteiger partial charge >= 0.3 is 11.6 Å². The van der Waals surface area contributed by atoms with E-state index < -0.39 is 11.6 Å². The quantitative estimate of drug-likeness (QED) is 0.607. The predicted molar refractivity (Wildman–Crippen MR) is 97.0 cm³/mol. The smallest absolute Gasteiger partial charge is 0.351 e. The summed E-state index contributed by atoms with van der Waals surface area (Å²) in [6.07, 6.45) is 5.41. The second-order valence-electron chi connectivity index (χ2n) is 6.53. The highest BCUT2D eigenvalue weighted by molar-refractivity contribution is 5.94. The molecule has 0 unspecified atom stereocenters. The number of nitrogens with zero attached hydrogens (tertiary/aromatic N) is 1. The summed E-state index contributed by atoms with van der Waals surface area (Å²) in [5.41, 5.74) is -0.558. The average Bonchev–Trinajstić information content (AvgIpc) is 2.67. The average molecular weight is 357 g/mol.